The molecule has 10 heavy (non-hydrogen) atoms. The van der Waals surface area contributed by atoms with E-state index in [-0.39, 0.29) is 6.04 Å². The van der Waals surface area contributed by atoms with Crippen molar-refractivity contribution in [3.05, 3.63) is 12.2 Å². The summed E-state index contributed by atoms with van der Waals surface area (Å²) in [4.78, 5) is 10.4. The second kappa shape index (κ2) is 3.37. The van der Waals surface area contributed by atoms with Gasteiger partial charge < -0.3 is 10.4 Å². The molecule has 0 bridgehead atoms. The second-order valence-electron chi connectivity index (χ2n) is 2.34. The van der Waals surface area contributed by atoms with Crippen molar-refractivity contribution in [3.63, 3.8) is 0 Å². The highest BCUT2D eigenvalue weighted by atomic mass is 16.4. The third-order valence-corrected chi connectivity index (χ3v) is 1.54. The standard InChI is InChI=1S/C7H11NO2/c9-7(10)6-4-2-1-3-5-8-6/h1-2,6,8H,3-5H2,(H,9,10). The van der Waals surface area contributed by atoms with Gasteiger partial charge in [0.05, 0.1) is 0 Å². The summed E-state index contributed by atoms with van der Waals surface area (Å²) < 4.78 is 0. The summed E-state index contributed by atoms with van der Waals surface area (Å²) >= 11 is 0. The van der Waals surface area contributed by atoms with Gasteiger partial charge in [0.25, 0.3) is 0 Å². The molecule has 2 N–H and O–H groups in total. The van der Waals surface area contributed by atoms with Crippen LogP contribution >= 0.6 is 0 Å². The van der Waals surface area contributed by atoms with Crippen LogP contribution in [0.15, 0.2) is 12.2 Å². The van der Waals surface area contributed by atoms with Crippen LogP contribution in [0.5, 0.6) is 0 Å². The summed E-state index contributed by atoms with van der Waals surface area (Å²) in [5.41, 5.74) is 0. The Bertz CT molecular complexity index is 154. The summed E-state index contributed by atoms with van der Waals surface area (Å²) in [5, 5.41) is 11.5. The van der Waals surface area contributed by atoms with E-state index in [0.717, 1.165) is 13.0 Å². The zero-order valence-electron chi connectivity index (χ0n) is 5.71. The predicted octanol–water partition coefficient (Wildman–Crippen LogP) is 0.379. The van der Waals surface area contributed by atoms with Gasteiger partial charge >= 0.3 is 5.97 Å². The topological polar surface area (TPSA) is 49.3 Å². The SMILES string of the molecule is O=C(O)C1CC=CCCN1. The molecule has 1 rings (SSSR count). The summed E-state index contributed by atoms with van der Waals surface area (Å²) in [6, 6.07) is -0.376. The first-order valence-corrected chi connectivity index (χ1v) is 3.42. The average molecular weight is 141 g/mol. The van der Waals surface area contributed by atoms with Crippen LogP contribution in [-0.4, -0.2) is 23.7 Å². The molecule has 1 heterocycles. The minimum absolute atomic E-state index is 0.376. The van der Waals surface area contributed by atoms with Gasteiger partial charge in [0.15, 0.2) is 0 Å². The molecule has 0 amide bonds. The highest BCUT2D eigenvalue weighted by molar-refractivity contribution is 5.73. The smallest absolute Gasteiger partial charge is 0.321 e. The molecule has 0 aromatic heterocycles. The number of carboxylic acids is 1. The van der Waals surface area contributed by atoms with Crippen molar-refractivity contribution in [2.45, 2.75) is 18.9 Å². The number of hydrogen-bond donors (Lipinski definition) is 2. The van der Waals surface area contributed by atoms with Gasteiger partial charge in [0.2, 0.25) is 0 Å². The van der Waals surface area contributed by atoms with E-state index in [4.69, 9.17) is 5.11 Å². The molecule has 56 valence electrons. The molecule has 0 saturated carbocycles. The first-order chi connectivity index (χ1) is 4.80. The zero-order valence-corrected chi connectivity index (χ0v) is 5.71. The Hall–Kier alpha value is -0.830. The van der Waals surface area contributed by atoms with Gasteiger partial charge in [-0.1, -0.05) is 12.2 Å². The molecule has 1 aliphatic heterocycles. The fourth-order valence-corrected chi connectivity index (χ4v) is 0.963. The third-order valence-electron chi connectivity index (χ3n) is 1.54. The van der Waals surface area contributed by atoms with E-state index in [9.17, 15) is 4.79 Å². The van der Waals surface area contributed by atoms with Crippen LogP contribution in [0, 0.1) is 0 Å². The number of carbonyl (C=O) groups is 1. The van der Waals surface area contributed by atoms with Crippen molar-refractivity contribution < 1.29 is 9.90 Å². The quantitative estimate of drug-likeness (QED) is 0.519. The van der Waals surface area contributed by atoms with Crippen LogP contribution < -0.4 is 5.32 Å². The summed E-state index contributed by atoms with van der Waals surface area (Å²) in [6.45, 7) is 0.771. The molecule has 3 nitrogen and oxygen atoms in total. The molecule has 0 aromatic carbocycles. The highest BCUT2D eigenvalue weighted by Crippen LogP contribution is 1.99. The van der Waals surface area contributed by atoms with Crippen molar-refractivity contribution in [2.75, 3.05) is 6.54 Å². The number of nitrogens with one attached hydrogen (secondary N) is 1. The lowest BCUT2D eigenvalue weighted by Gasteiger charge is -2.07. The summed E-state index contributed by atoms with van der Waals surface area (Å²) in [7, 11) is 0. The molecule has 1 aliphatic rings. The zero-order chi connectivity index (χ0) is 7.40. The maximum Gasteiger partial charge on any atom is 0.321 e. The fraction of sp³-hybridized carbons (Fsp3) is 0.571. The predicted molar refractivity (Wildman–Crippen MR) is 37.8 cm³/mol. The van der Waals surface area contributed by atoms with Crippen molar-refractivity contribution >= 4 is 5.97 Å². The van der Waals surface area contributed by atoms with Crippen molar-refractivity contribution in [3.8, 4) is 0 Å². The molecular weight excluding hydrogens is 130 g/mol. The summed E-state index contributed by atoms with van der Waals surface area (Å²) in [5.74, 6) is -0.758. The monoisotopic (exact) mass is 141 g/mol. The molecular formula is C7H11NO2. The number of hydrogen-bond acceptors (Lipinski definition) is 2. The lowest BCUT2D eigenvalue weighted by atomic mass is 10.2. The first-order valence-electron chi connectivity index (χ1n) is 3.42. The van der Waals surface area contributed by atoms with Crippen LogP contribution in [0.2, 0.25) is 0 Å². The van der Waals surface area contributed by atoms with E-state index in [2.05, 4.69) is 5.32 Å². The lowest BCUT2D eigenvalue weighted by molar-refractivity contribution is -0.139. The van der Waals surface area contributed by atoms with Gasteiger partial charge in [0.1, 0.15) is 6.04 Å². The van der Waals surface area contributed by atoms with E-state index in [1.54, 1.807) is 0 Å². The average Bonchev–Trinajstić information content (AvgIpc) is 2.12. The van der Waals surface area contributed by atoms with Gasteiger partial charge in [-0.15, -0.1) is 0 Å². The molecule has 3 heteroatoms. The highest BCUT2D eigenvalue weighted by Gasteiger charge is 2.14. The van der Waals surface area contributed by atoms with Gasteiger partial charge in [-0.05, 0) is 19.4 Å². The maximum atomic E-state index is 10.4. The Morgan fingerprint density at radius 2 is 2.40 bits per heavy atom. The molecule has 0 radical (unpaired) electrons. The van der Waals surface area contributed by atoms with Crippen LogP contribution in [-0.2, 0) is 4.79 Å². The minimum atomic E-state index is -0.758. The van der Waals surface area contributed by atoms with E-state index in [0.29, 0.717) is 6.42 Å². The number of carboxylic acid groups (broad SMARTS) is 1. The van der Waals surface area contributed by atoms with Crippen LogP contribution in [0.25, 0.3) is 0 Å². The van der Waals surface area contributed by atoms with Crippen LogP contribution in [0.3, 0.4) is 0 Å². The van der Waals surface area contributed by atoms with Crippen molar-refractivity contribution in [1.82, 2.24) is 5.32 Å². The van der Waals surface area contributed by atoms with Crippen molar-refractivity contribution in [2.24, 2.45) is 0 Å². The molecule has 0 saturated heterocycles. The molecule has 0 aliphatic carbocycles. The Balaban J connectivity index is 2.45. The van der Waals surface area contributed by atoms with Gasteiger partial charge in [-0.25, -0.2) is 0 Å². The van der Waals surface area contributed by atoms with Gasteiger partial charge in [-0.3, -0.25) is 4.79 Å². The Kier molecular flexibility index (Phi) is 2.45. The molecule has 0 aromatic rings. The van der Waals surface area contributed by atoms with Gasteiger partial charge in [-0.2, -0.15) is 0 Å². The molecule has 0 fully saturated rings. The minimum Gasteiger partial charge on any atom is -0.480 e. The molecule has 1 atom stereocenters. The maximum absolute atomic E-state index is 10.4. The third kappa shape index (κ3) is 1.84. The summed E-state index contributed by atoms with van der Waals surface area (Å²) in [6.07, 6.45) is 5.47. The number of aliphatic carboxylic acids is 1. The second-order valence-corrected chi connectivity index (χ2v) is 2.34. The Labute approximate surface area is 59.7 Å². The number of rotatable bonds is 1. The van der Waals surface area contributed by atoms with Crippen molar-refractivity contribution in [1.29, 1.82) is 0 Å². The van der Waals surface area contributed by atoms with E-state index < -0.39 is 5.97 Å². The van der Waals surface area contributed by atoms with E-state index in [1.807, 2.05) is 12.2 Å². The van der Waals surface area contributed by atoms with Crippen LogP contribution in [0.4, 0.5) is 0 Å². The van der Waals surface area contributed by atoms with Crippen LogP contribution in [0.1, 0.15) is 12.8 Å². The molecule has 0 spiro atoms. The first kappa shape index (κ1) is 7.28. The largest absolute Gasteiger partial charge is 0.480 e. The van der Waals surface area contributed by atoms with E-state index >= 15 is 0 Å². The van der Waals surface area contributed by atoms with E-state index in [1.165, 1.54) is 0 Å². The molecule has 1 unspecified atom stereocenters. The lowest BCUT2D eigenvalue weighted by Crippen LogP contribution is -2.35. The Morgan fingerprint density at radius 1 is 1.60 bits per heavy atom. The normalized spacial score (nSPS) is 25.8. The van der Waals surface area contributed by atoms with Gasteiger partial charge in [0, 0.05) is 0 Å². The Morgan fingerprint density at radius 3 is 3.10 bits per heavy atom. The fourth-order valence-electron chi connectivity index (χ4n) is 0.963.